The molecule has 0 fully saturated rings. The molecule has 0 bridgehead atoms. The molecule has 2 aliphatic rings. The van der Waals surface area contributed by atoms with Crippen LogP contribution in [0.3, 0.4) is 0 Å². The third-order valence-electron chi connectivity index (χ3n) is 3.88. The summed E-state index contributed by atoms with van der Waals surface area (Å²) in [5, 5.41) is 1.23. The lowest BCUT2D eigenvalue weighted by Crippen LogP contribution is -2.01. The molecule has 2 aromatic carbocycles. The van der Waals surface area contributed by atoms with Crippen molar-refractivity contribution in [2.75, 3.05) is 0 Å². The summed E-state index contributed by atoms with van der Waals surface area (Å²) >= 11 is 12.2. The van der Waals surface area contributed by atoms with E-state index in [-0.39, 0.29) is 5.82 Å². The molecule has 0 radical (unpaired) electrons. The van der Waals surface area contributed by atoms with Gasteiger partial charge in [0, 0.05) is 34.5 Å². The summed E-state index contributed by atoms with van der Waals surface area (Å²) in [4.78, 5) is 8.98. The van der Waals surface area contributed by atoms with E-state index in [1.807, 2.05) is 35.2 Å². The molecule has 0 atom stereocenters. The molecule has 0 unspecified atom stereocenters. The third kappa shape index (κ3) is 3.36. The molecule has 6 heteroatoms. The Labute approximate surface area is 154 Å². The van der Waals surface area contributed by atoms with E-state index in [0.717, 1.165) is 17.0 Å². The van der Waals surface area contributed by atoms with Crippen molar-refractivity contribution in [2.45, 2.75) is 6.54 Å². The van der Waals surface area contributed by atoms with Gasteiger partial charge in [0.05, 0.1) is 5.69 Å². The van der Waals surface area contributed by atoms with Gasteiger partial charge in [-0.1, -0.05) is 41.4 Å². The van der Waals surface area contributed by atoms with E-state index in [0.29, 0.717) is 28.0 Å². The molecule has 0 saturated carbocycles. The minimum atomic E-state index is -0.307. The van der Waals surface area contributed by atoms with Gasteiger partial charge in [-0.3, -0.25) is 0 Å². The minimum absolute atomic E-state index is 0.307. The van der Waals surface area contributed by atoms with Gasteiger partial charge < -0.3 is 4.57 Å². The lowest BCUT2D eigenvalue weighted by Gasteiger charge is -2.09. The molecule has 0 saturated heterocycles. The van der Waals surface area contributed by atoms with E-state index < -0.39 is 0 Å². The first-order chi connectivity index (χ1) is 12.1. The van der Waals surface area contributed by atoms with Gasteiger partial charge in [-0.15, -0.1) is 0 Å². The van der Waals surface area contributed by atoms with Crippen LogP contribution in [0.4, 0.5) is 4.39 Å². The number of benzene rings is 2. The number of pyridine rings is 1. The highest BCUT2D eigenvalue weighted by Gasteiger charge is 2.13. The van der Waals surface area contributed by atoms with Crippen LogP contribution in [0.15, 0.2) is 60.9 Å². The molecule has 0 aliphatic carbocycles. The maximum Gasteiger partial charge on any atom is 0.160 e. The normalized spacial score (nSPS) is 11.2. The van der Waals surface area contributed by atoms with Crippen LogP contribution in [0.1, 0.15) is 5.56 Å². The van der Waals surface area contributed by atoms with E-state index in [4.69, 9.17) is 23.2 Å². The molecule has 124 valence electrons. The molecule has 4 rings (SSSR count). The van der Waals surface area contributed by atoms with Crippen LogP contribution < -0.4 is 0 Å². The van der Waals surface area contributed by atoms with Gasteiger partial charge in [0.2, 0.25) is 0 Å². The van der Waals surface area contributed by atoms with Gasteiger partial charge in [-0.05, 0) is 35.9 Å². The Kier molecular flexibility index (Phi) is 4.15. The maximum atomic E-state index is 13.4. The number of hydrogen-bond donors (Lipinski definition) is 0. The second-order valence-electron chi connectivity index (χ2n) is 5.68. The number of aromatic nitrogens is 3. The summed E-state index contributed by atoms with van der Waals surface area (Å²) in [6.07, 6.45) is 3.81. The molecule has 0 N–H and O–H groups in total. The van der Waals surface area contributed by atoms with Crippen molar-refractivity contribution in [1.82, 2.24) is 14.5 Å². The average Bonchev–Trinajstić information content (AvgIpc) is 3.01. The molecule has 3 nitrogen and oxygen atoms in total. The first-order valence-electron chi connectivity index (χ1n) is 7.62. The van der Waals surface area contributed by atoms with E-state index >= 15 is 0 Å². The zero-order valence-electron chi connectivity index (χ0n) is 13.0. The summed E-state index contributed by atoms with van der Waals surface area (Å²) in [6, 6.07) is 13.6. The molecule has 25 heavy (non-hydrogen) atoms. The van der Waals surface area contributed by atoms with Gasteiger partial charge in [-0.25, -0.2) is 14.4 Å². The summed E-state index contributed by atoms with van der Waals surface area (Å²) in [7, 11) is 0. The van der Waals surface area contributed by atoms with Crippen LogP contribution in [-0.2, 0) is 6.54 Å². The Morgan fingerprint density at radius 1 is 0.960 bits per heavy atom. The minimum Gasteiger partial charge on any atom is -0.348 e. The summed E-state index contributed by atoms with van der Waals surface area (Å²) < 4.78 is 15.4. The van der Waals surface area contributed by atoms with Crippen molar-refractivity contribution in [2.24, 2.45) is 0 Å². The first kappa shape index (κ1) is 16.1. The second-order valence-corrected chi connectivity index (χ2v) is 6.52. The highest BCUT2D eigenvalue weighted by atomic mass is 35.5. The monoisotopic (exact) mass is 371 g/mol. The fraction of sp³-hybridized carbons (Fsp3) is 0.0526. The van der Waals surface area contributed by atoms with Crippen molar-refractivity contribution in [3.05, 3.63) is 82.4 Å². The van der Waals surface area contributed by atoms with Crippen LogP contribution in [-0.4, -0.2) is 14.5 Å². The Morgan fingerprint density at radius 3 is 2.60 bits per heavy atom. The van der Waals surface area contributed by atoms with Crippen LogP contribution in [0.2, 0.25) is 10.0 Å². The van der Waals surface area contributed by atoms with Crippen LogP contribution in [0.5, 0.6) is 0 Å². The number of nitrogens with zero attached hydrogens (tertiary/aromatic N) is 3. The number of imidazole rings is 1. The van der Waals surface area contributed by atoms with E-state index in [1.54, 1.807) is 18.2 Å². The van der Waals surface area contributed by atoms with Gasteiger partial charge >= 0.3 is 0 Å². The van der Waals surface area contributed by atoms with Crippen LogP contribution in [0, 0.1) is 5.82 Å². The Hall–Kier alpha value is -2.43. The van der Waals surface area contributed by atoms with E-state index in [9.17, 15) is 4.39 Å². The van der Waals surface area contributed by atoms with Crippen molar-refractivity contribution in [3.8, 4) is 22.8 Å². The predicted octanol–water partition coefficient (Wildman–Crippen LogP) is 5.54. The van der Waals surface area contributed by atoms with Crippen molar-refractivity contribution in [1.29, 1.82) is 0 Å². The second kappa shape index (κ2) is 6.47. The molecule has 0 spiro atoms. The summed E-state index contributed by atoms with van der Waals surface area (Å²) in [6.45, 7) is 0.591. The lowest BCUT2D eigenvalue weighted by molar-refractivity contribution is 0.628. The summed E-state index contributed by atoms with van der Waals surface area (Å²) in [5.41, 5.74) is 3.12. The molecule has 2 aliphatic heterocycles. The zero-order valence-corrected chi connectivity index (χ0v) is 14.5. The van der Waals surface area contributed by atoms with Gasteiger partial charge in [-0.2, -0.15) is 0 Å². The largest absolute Gasteiger partial charge is 0.348 e. The van der Waals surface area contributed by atoms with Crippen LogP contribution >= 0.6 is 23.2 Å². The quantitative estimate of drug-likeness (QED) is 0.473. The number of fused-ring (bicyclic) bond motifs is 1. The van der Waals surface area contributed by atoms with Crippen molar-refractivity contribution >= 4 is 23.2 Å². The Morgan fingerprint density at radius 2 is 1.80 bits per heavy atom. The Bertz CT molecular complexity index is 1030. The zero-order chi connectivity index (χ0) is 17.4. The van der Waals surface area contributed by atoms with Gasteiger partial charge in [0.25, 0.3) is 0 Å². The van der Waals surface area contributed by atoms with Gasteiger partial charge in [0.15, 0.2) is 5.82 Å². The van der Waals surface area contributed by atoms with Crippen LogP contribution in [0.25, 0.3) is 22.8 Å². The molecule has 2 aromatic rings. The molecule has 0 amide bonds. The fourth-order valence-corrected chi connectivity index (χ4v) is 3.12. The SMILES string of the molecule is Fc1cccc(-c2nc3ccn(Cc4ccc(Cl)cc4Cl)cc-3n2)c1. The number of halogens is 3. The molecular weight excluding hydrogens is 360 g/mol. The maximum absolute atomic E-state index is 13.4. The molecule has 0 aromatic heterocycles. The lowest BCUT2D eigenvalue weighted by atomic mass is 10.2. The average molecular weight is 372 g/mol. The van der Waals surface area contributed by atoms with E-state index in [1.165, 1.54) is 12.1 Å². The van der Waals surface area contributed by atoms with Crippen molar-refractivity contribution < 1.29 is 4.39 Å². The van der Waals surface area contributed by atoms with Gasteiger partial charge in [0.1, 0.15) is 11.5 Å². The van der Waals surface area contributed by atoms with Crippen molar-refractivity contribution in [3.63, 3.8) is 0 Å². The topological polar surface area (TPSA) is 30.7 Å². The first-order valence-corrected chi connectivity index (χ1v) is 8.37. The fourth-order valence-electron chi connectivity index (χ4n) is 2.65. The number of rotatable bonds is 3. The summed E-state index contributed by atoms with van der Waals surface area (Å²) in [5.74, 6) is 0.204. The van der Waals surface area contributed by atoms with E-state index in [2.05, 4.69) is 9.97 Å². The third-order valence-corrected chi connectivity index (χ3v) is 4.46. The number of hydrogen-bond acceptors (Lipinski definition) is 2. The Balaban J connectivity index is 1.68. The predicted molar refractivity (Wildman–Crippen MR) is 97.6 cm³/mol. The highest BCUT2D eigenvalue weighted by molar-refractivity contribution is 6.35. The highest BCUT2D eigenvalue weighted by Crippen LogP contribution is 2.26. The molecular formula is C19H12Cl2FN3. The smallest absolute Gasteiger partial charge is 0.160 e. The molecule has 2 heterocycles. The standard InChI is InChI=1S/C19H12Cl2FN3/c20-14-5-4-13(16(21)9-14)10-25-7-6-17-18(11-25)24-19(23-17)12-2-1-3-15(22)8-12/h1-9,11H,10H2.